The highest BCUT2D eigenvalue weighted by Crippen LogP contribution is 2.31. The van der Waals surface area contributed by atoms with Crippen molar-refractivity contribution in [1.29, 1.82) is 0 Å². The summed E-state index contributed by atoms with van der Waals surface area (Å²) < 4.78 is 0.889. The van der Waals surface area contributed by atoms with Gasteiger partial charge < -0.3 is 5.11 Å². The largest absolute Gasteiger partial charge is 0.382 e. The van der Waals surface area contributed by atoms with E-state index in [1.165, 1.54) is 0 Å². The number of carbonyl (C=O) groups excluding carboxylic acids is 1. The van der Waals surface area contributed by atoms with E-state index < -0.39 is 5.60 Å². The molecule has 0 spiro atoms. The number of benzene rings is 1. The summed E-state index contributed by atoms with van der Waals surface area (Å²) in [4.78, 5) is 12.2. The van der Waals surface area contributed by atoms with Crippen LogP contribution in [0.25, 0.3) is 0 Å². The molecule has 1 saturated carbocycles. The molecule has 1 N–H and O–H groups in total. The van der Waals surface area contributed by atoms with Crippen molar-refractivity contribution in [3.63, 3.8) is 0 Å². The van der Waals surface area contributed by atoms with Gasteiger partial charge in [-0.3, -0.25) is 4.79 Å². The standard InChI is InChI=1S/C14H16BrClO2/c15-11-5-4-10(12(16)9-11)8-13(17)14(18)6-2-1-3-7-14/h4-5,9,18H,1-3,6-8H2. The SMILES string of the molecule is O=C(Cc1ccc(Br)cc1Cl)C1(O)CCCCC1. The van der Waals surface area contributed by atoms with Crippen LogP contribution in [0.3, 0.4) is 0 Å². The van der Waals surface area contributed by atoms with Crippen LogP contribution in [0.2, 0.25) is 5.02 Å². The third kappa shape index (κ3) is 3.14. The molecule has 1 aliphatic carbocycles. The monoisotopic (exact) mass is 330 g/mol. The Bertz CT molecular complexity index is 453. The normalized spacial score (nSPS) is 18.6. The molecule has 0 aromatic heterocycles. The van der Waals surface area contributed by atoms with Gasteiger partial charge in [0.05, 0.1) is 0 Å². The molecule has 2 nitrogen and oxygen atoms in total. The zero-order valence-electron chi connectivity index (χ0n) is 10.1. The molecule has 1 fully saturated rings. The van der Waals surface area contributed by atoms with E-state index in [4.69, 9.17) is 11.6 Å². The third-order valence-electron chi connectivity index (χ3n) is 3.57. The molecule has 0 bridgehead atoms. The molecule has 18 heavy (non-hydrogen) atoms. The number of rotatable bonds is 3. The Hall–Kier alpha value is -0.380. The van der Waals surface area contributed by atoms with Crippen LogP contribution in [0, 0.1) is 0 Å². The van der Waals surface area contributed by atoms with Crippen LogP contribution in [0.1, 0.15) is 37.7 Å². The van der Waals surface area contributed by atoms with Crippen LogP contribution in [-0.2, 0) is 11.2 Å². The highest BCUT2D eigenvalue weighted by atomic mass is 79.9. The maximum Gasteiger partial charge on any atom is 0.168 e. The average Bonchev–Trinajstić information content (AvgIpc) is 2.33. The van der Waals surface area contributed by atoms with E-state index in [9.17, 15) is 9.90 Å². The second-order valence-corrected chi connectivity index (χ2v) is 6.25. The lowest BCUT2D eigenvalue weighted by atomic mass is 9.80. The van der Waals surface area contributed by atoms with Crippen LogP contribution >= 0.6 is 27.5 Å². The third-order valence-corrected chi connectivity index (χ3v) is 4.41. The number of carbonyl (C=O) groups is 1. The van der Waals surface area contributed by atoms with Crippen molar-refractivity contribution in [3.8, 4) is 0 Å². The van der Waals surface area contributed by atoms with Gasteiger partial charge in [0.2, 0.25) is 0 Å². The number of hydrogen-bond acceptors (Lipinski definition) is 2. The predicted molar refractivity (Wildman–Crippen MR) is 75.9 cm³/mol. The van der Waals surface area contributed by atoms with Crippen molar-refractivity contribution < 1.29 is 9.90 Å². The number of ketones is 1. The first kappa shape index (κ1) is 14.0. The van der Waals surface area contributed by atoms with Gasteiger partial charge in [-0.2, -0.15) is 0 Å². The van der Waals surface area contributed by atoms with Crippen LogP contribution in [-0.4, -0.2) is 16.5 Å². The van der Waals surface area contributed by atoms with E-state index in [0.29, 0.717) is 17.9 Å². The summed E-state index contributed by atoms with van der Waals surface area (Å²) in [5.41, 5.74) is -0.349. The Balaban J connectivity index is 2.11. The Kier molecular flexibility index (Phi) is 4.46. The highest BCUT2D eigenvalue weighted by molar-refractivity contribution is 9.10. The van der Waals surface area contributed by atoms with E-state index in [2.05, 4.69) is 15.9 Å². The first-order valence-electron chi connectivity index (χ1n) is 6.21. The fourth-order valence-electron chi connectivity index (χ4n) is 2.42. The number of Topliss-reactive ketones (excluding diaryl/α,β-unsaturated/α-hetero) is 1. The van der Waals surface area contributed by atoms with Crippen LogP contribution < -0.4 is 0 Å². The van der Waals surface area contributed by atoms with Gasteiger partial charge in [0.1, 0.15) is 5.60 Å². The smallest absolute Gasteiger partial charge is 0.168 e. The molecule has 0 unspecified atom stereocenters. The topological polar surface area (TPSA) is 37.3 Å². The van der Waals surface area contributed by atoms with E-state index in [0.717, 1.165) is 29.3 Å². The second-order valence-electron chi connectivity index (χ2n) is 4.93. The summed E-state index contributed by atoms with van der Waals surface area (Å²) in [5.74, 6) is -0.105. The summed E-state index contributed by atoms with van der Waals surface area (Å²) in [6, 6.07) is 5.46. The zero-order chi connectivity index (χ0) is 13.2. The minimum atomic E-state index is -1.13. The van der Waals surface area contributed by atoms with Gasteiger partial charge in [0.15, 0.2) is 5.78 Å². The molecule has 98 valence electrons. The molecule has 4 heteroatoms. The molecule has 0 aliphatic heterocycles. The number of halogens is 2. The van der Waals surface area contributed by atoms with E-state index in [-0.39, 0.29) is 12.2 Å². The molecule has 1 aliphatic rings. The quantitative estimate of drug-likeness (QED) is 0.912. The van der Waals surface area contributed by atoms with Gasteiger partial charge in [-0.15, -0.1) is 0 Å². The molecular weight excluding hydrogens is 316 g/mol. The van der Waals surface area contributed by atoms with Crippen molar-refractivity contribution >= 4 is 33.3 Å². The summed E-state index contributed by atoms with van der Waals surface area (Å²) in [6.45, 7) is 0. The molecule has 1 aromatic rings. The number of hydrogen-bond donors (Lipinski definition) is 1. The van der Waals surface area contributed by atoms with Crippen LogP contribution in [0.4, 0.5) is 0 Å². The molecule has 1 aromatic carbocycles. The molecular formula is C14H16BrClO2. The van der Waals surface area contributed by atoms with Gasteiger partial charge >= 0.3 is 0 Å². The number of aliphatic hydroxyl groups is 1. The zero-order valence-corrected chi connectivity index (χ0v) is 12.4. The maximum absolute atomic E-state index is 12.2. The van der Waals surface area contributed by atoms with Crippen molar-refractivity contribution in [2.45, 2.75) is 44.1 Å². The Labute approximate surface area is 120 Å². The Morgan fingerprint density at radius 3 is 2.61 bits per heavy atom. The van der Waals surface area contributed by atoms with Gasteiger partial charge in [0, 0.05) is 15.9 Å². The van der Waals surface area contributed by atoms with Gasteiger partial charge in [0.25, 0.3) is 0 Å². The molecule has 0 heterocycles. The Morgan fingerprint density at radius 1 is 1.33 bits per heavy atom. The summed E-state index contributed by atoms with van der Waals surface area (Å²) in [7, 11) is 0. The van der Waals surface area contributed by atoms with Gasteiger partial charge in [-0.25, -0.2) is 0 Å². The van der Waals surface area contributed by atoms with E-state index in [1.807, 2.05) is 12.1 Å². The summed E-state index contributed by atoms with van der Waals surface area (Å²) in [6.07, 6.45) is 4.34. The van der Waals surface area contributed by atoms with Crippen molar-refractivity contribution in [3.05, 3.63) is 33.3 Å². The predicted octanol–water partition coefficient (Wildman–Crippen LogP) is 3.91. The fourth-order valence-corrected chi connectivity index (χ4v) is 3.16. The summed E-state index contributed by atoms with van der Waals surface area (Å²) >= 11 is 9.42. The van der Waals surface area contributed by atoms with E-state index >= 15 is 0 Å². The second kappa shape index (κ2) is 5.72. The molecule has 2 rings (SSSR count). The van der Waals surface area contributed by atoms with Gasteiger partial charge in [-0.1, -0.05) is 52.9 Å². The fraction of sp³-hybridized carbons (Fsp3) is 0.500. The lowest BCUT2D eigenvalue weighted by Crippen LogP contribution is -2.41. The summed E-state index contributed by atoms with van der Waals surface area (Å²) in [5, 5.41) is 10.9. The van der Waals surface area contributed by atoms with Crippen molar-refractivity contribution in [2.24, 2.45) is 0 Å². The molecule has 0 radical (unpaired) electrons. The molecule has 0 saturated heterocycles. The highest BCUT2D eigenvalue weighted by Gasteiger charge is 2.36. The van der Waals surface area contributed by atoms with Crippen LogP contribution in [0.5, 0.6) is 0 Å². The Morgan fingerprint density at radius 2 is 2.00 bits per heavy atom. The van der Waals surface area contributed by atoms with E-state index in [1.54, 1.807) is 6.07 Å². The first-order valence-corrected chi connectivity index (χ1v) is 7.38. The molecule has 0 atom stereocenters. The average molecular weight is 332 g/mol. The molecule has 0 amide bonds. The lowest BCUT2D eigenvalue weighted by molar-refractivity contribution is -0.139. The lowest BCUT2D eigenvalue weighted by Gasteiger charge is -2.30. The first-order chi connectivity index (χ1) is 8.51. The van der Waals surface area contributed by atoms with Gasteiger partial charge in [-0.05, 0) is 30.5 Å². The van der Waals surface area contributed by atoms with Crippen molar-refractivity contribution in [2.75, 3.05) is 0 Å². The minimum Gasteiger partial charge on any atom is -0.382 e. The van der Waals surface area contributed by atoms with Crippen LogP contribution in [0.15, 0.2) is 22.7 Å². The minimum absolute atomic E-state index is 0.105. The maximum atomic E-state index is 12.2. The van der Waals surface area contributed by atoms with Crippen molar-refractivity contribution in [1.82, 2.24) is 0 Å².